The van der Waals surface area contributed by atoms with E-state index in [4.69, 9.17) is 0 Å². The first kappa shape index (κ1) is 15.2. The van der Waals surface area contributed by atoms with Crippen LogP contribution in [0.3, 0.4) is 0 Å². The van der Waals surface area contributed by atoms with E-state index in [1.807, 2.05) is 29.0 Å². The SMILES string of the molecule is Cc1csc(=O)n1CCN1CCN(c2ccccc2F)CC1. The lowest BCUT2D eigenvalue weighted by Crippen LogP contribution is -2.47. The summed E-state index contributed by atoms with van der Waals surface area (Å²) in [5.74, 6) is -0.156. The number of aromatic nitrogens is 1. The molecule has 0 radical (unpaired) electrons. The van der Waals surface area contributed by atoms with Gasteiger partial charge in [-0.1, -0.05) is 23.5 Å². The normalized spacial score (nSPS) is 16.2. The van der Waals surface area contributed by atoms with Gasteiger partial charge in [-0.2, -0.15) is 0 Å². The molecule has 0 atom stereocenters. The number of aryl methyl sites for hydroxylation is 1. The van der Waals surface area contributed by atoms with Gasteiger partial charge in [-0.15, -0.1) is 0 Å². The minimum Gasteiger partial charge on any atom is -0.367 e. The van der Waals surface area contributed by atoms with Crippen molar-refractivity contribution >= 4 is 17.0 Å². The Morgan fingerprint density at radius 1 is 1.14 bits per heavy atom. The molecule has 118 valence electrons. The van der Waals surface area contributed by atoms with Crippen molar-refractivity contribution in [1.82, 2.24) is 9.47 Å². The summed E-state index contributed by atoms with van der Waals surface area (Å²) in [6.07, 6.45) is 0. The molecule has 0 N–H and O–H groups in total. The first-order valence-electron chi connectivity index (χ1n) is 7.52. The predicted octanol–water partition coefficient (Wildman–Crippen LogP) is 2.18. The van der Waals surface area contributed by atoms with E-state index < -0.39 is 0 Å². The summed E-state index contributed by atoms with van der Waals surface area (Å²) < 4.78 is 15.6. The highest BCUT2D eigenvalue weighted by atomic mass is 32.1. The molecule has 1 aromatic carbocycles. The number of benzene rings is 1. The van der Waals surface area contributed by atoms with Crippen LogP contribution in [-0.2, 0) is 6.54 Å². The van der Waals surface area contributed by atoms with Gasteiger partial charge in [0.05, 0.1) is 5.69 Å². The molecule has 0 amide bonds. The van der Waals surface area contributed by atoms with Crippen LogP contribution in [-0.4, -0.2) is 42.2 Å². The fourth-order valence-corrected chi connectivity index (χ4v) is 3.60. The van der Waals surface area contributed by atoms with E-state index in [1.165, 1.54) is 17.4 Å². The Labute approximate surface area is 133 Å². The van der Waals surface area contributed by atoms with Gasteiger partial charge >= 0.3 is 4.87 Å². The maximum Gasteiger partial charge on any atom is 0.307 e. The molecule has 0 aliphatic carbocycles. The van der Waals surface area contributed by atoms with E-state index in [1.54, 1.807) is 6.07 Å². The van der Waals surface area contributed by atoms with Crippen molar-refractivity contribution in [3.63, 3.8) is 0 Å². The van der Waals surface area contributed by atoms with Gasteiger partial charge in [0, 0.05) is 50.3 Å². The zero-order chi connectivity index (χ0) is 15.5. The molecule has 1 aliphatic heterocycles. The molecule has 1 fully saturated rings. The van der Waals surface area contributed by atoms with Crippen LogP contribution in [0.4, 0.5) is 10.1 Å². The highest BCUT2D eigenvalue weighted by Crippen LogP contribution is 2.20. The highest BCUT2D eigenvalue weighted by Gasteiger charge is 2.19. The molecular formula is C16H20FN3OS. The molecule has 6 heteroatoms. The average molecular weight is 321 g/mol. The molecule has 1 saturated heterocycles. The first-order chi connectivity index (χ1) is 10.6. The number of nitrogens with zero attached hydrogens (tertiary/aromatic N) is 3. The van der Waals surface area contributed by atoms with Crippen LogP contribution in [0.25, 0.3) is 0 Å². The van der Waals surface area contributed by atoms with Gasteiger partial charge in [-0.25, -0.2) is 4.39 Å². The molecule has 2 heterocycles. The molecule has 1 aliphatic rings. The Bertz CT molecular complexity index is 689. The minimum absolute atomic E-state index is 0.113. The lowest BCUT2D eigenvalue weighted by atomic mass is 10.2. The van der Waals surface area contributed by atoms with Crippen LogP contribution in [0, 0.1) is 12.7 Å². The van der Waals surface area contributed by atoms with Crippen LogP contribution in [0.1, 0.15) is 5.69 Å². The summed E-state index contributed by atoms with van der Waals surface area (Å²) in [7, 11) is 0. The van der Waals surface area contributed by atoms with Crippen molar-refractivity contribution in [3.8, 4) is 0 Å². The third-order valence-corrected chi connectivity index (χ3v) is 5.06. The smallest absolute Gasteiger partial charge is 0.307 e. The highest BCUT2D eigenvalue weighted by molar-refractivity contribution is 7.07. The molecule has 0 spiro atoms. The van der Waals surface area contributed by atoms with Gasteiger partial charge in [-0.05, 0) is 19.1 Å². The average Bonchev–Trinajstić information content (AvgIpc) is 2.85. The van der Waals surface area contributed by atoms with Gasteiger partial charge in [0.15, 0.2) is 0 Å². The second-order valence-corrected chi connectivity index (χ2v) is 6.40. The van der Waals surface area contributed by atoms with Crippen LogP contribution >= 0.6 is 11.3 Å². The zero-order valence-corrected chi connectivity index (χ0v) is 13.5. The number of hydrogen-bond donors (Lipinski definition) is 0. The number of thiazole rings is 1. The Morgan fingerprint density at radius 3 is 2.50 bits per heavy atom. The maximum absolute atomic E-state index is 13.8. The monoisotopic (exact) mass is 321 g/mol. The topological polar surface area (TPSA) is 28.5 Å². The molecule has 0 bridgehead atoms. The van der Waals surface area contributed by atoms with E-state index in [0.29, 0.717) is 5.69 Å². The third-order valence-electron chi connectivity index (χ3n) is 4.18. The Balaban J connectivity index is 1.54. The zero-order valence-electron chi connectivity index (χ0n) is 12.7. The number of hydrogen-bond acceptors (Lipinski definition) is 4. The molecule has 4 nitrogen and oxygen atoms in total. The quantitative estimate of drug-likeness (QED) is 0.864. The van der Waals surface area contributed by atoms with Crippen LogP contribution in [0.5, 0.6) is 0 Å². The Kier molecular flexibility index (Phi) is 4.59. The van der Waals surface area contributed by atoms with Crippen molar-refractivity contribution in [2.24, 2.45) is 0 Å². The lowest BCUT2D eigenvalue weighted by molar-refractivity contribution is 0.246. The molecule has 22 heavy (non-hydrogen) atoms. The molecule has 2 aromatic rings. The largest absolute Gasteiger partial charge is 0.367 e. The van der Waals surface area contributed by atoms with Crippen molar-refractivity contribution < 1.29 is 4.39 Å². The minimum atomic E-state index is -0.156. The van der Waals surface area contributed by atoms with Gasteiger partial charge in [0.1, 0.15) is 5.82 Å². The summed E-state index contributed by atoms with van der Waals surface area (Å²) >= 11 is 1.26. The summed E-state index contributed by atoms with van der Waals surface area (Å²) in [5.41, 5.74) is 1.71. The summed E-state index contributed by atoms with van der Waals surface area (Å²) in [6, 6.07) is 6.93. The van der Waals surface area contributed by atoms with E-state index >= 15 is 0 Å². The number of halogens is 1. The van der Waals surface area contributed by atoms with Gasteiger partial charge in [0.25, 0.3) is 0 Å². The number of rotatable bonds is 4. The maximum atomic E-state index is 13.8. The Morgan fingerprint density at radius 2 is 1.86 bits per heavy atom. The van der Waals surface area contributed by atoms with Crippen LogP contribution in [0.2, 0.25) is 0 Å². The number of piperazine rings is 1. The van der Waals surface area contributed by atoms with Gasteiger partial charge < -0.3 is 9.47 Å². The molecular weight excluding hydrogens is 301 g/mol. The summed E-state index contributed by atoms with van der Waals surface area (Å²) in [5, 5.41) is 1.90. The second kappa shape index (κ2) is 6.62. The van der Waals surface area contributed by atoms with Crippen LogP contribution in [0.15, 0.2) is 34.4 Å². The van der Waals surface area contributed by atoms with E-state index in [-0.39, 0.29) is 10.7 Å². The summed E-state index contributed by atoms with van der Waals surface area (Å²) in [6.45, 7) is 6.99. The standard InChI is InChI=1S/C16H20FN3OS/c1-13-12-22-16(21)20(13)11-8-18-6-9-19(10-7-18)15-5-3-2-4-14(15)17/h2-5,12H,6-11H2,1H3. The van der Waals surface area contributed by atoms with E-state index in [2.05, 4.69) is 9.80 Å². The molecule has 1 aromatic heterocycles. The molecule has 0 unspecified atom stereocenters. The van der Waals surface area contributed by atoms with Crippen molar-refractivity contribution in [2.45, 2.75) is 13.5 Å². The third kappa shape index (κ3) is 3.23. The number of para-hydroxylation sites is 1. The molecule has 3 rings (SSSR count). The Hall–Kier alpha value is -1.66. The number of anilines is 1. The van der Waals surface area contributed by atoms with E-state index in [0.717, 1.165) is 45.0 Å². The summed E-state index contributed by atoms with van der Waals surface area (Å²) in [4.78, 5) is 16.2. The lowest BCUT2D eigenvalue weighted by Gasteiger charge is -2.36. The fourth-order valence-electron chi connectivity index (χ4n) is 2.84. The second-order valence-electron chi connectivity index (χ2n) is 5.57. The molecule has 0 saturated carbocycles. The van der Waals surface area contributed by atoms with Gasteiger partial charge in [0.2, 0.25) is 0 Å². The van der Waals surface area contributed by atoms with Crippen LogP contribution < -0.4 is 9.77 Å². The van der Waals surface area contributed by atoms with Crippen molar-refractivity contribution in [1.29, 1.82) is 0 Å². The van der Waals surface area contributed by atoms with E-state index in [9.17, 15) is 9.18 Å². The first-order valence-corrected chi connectivity index (χ1v) is 8.40. The van der Waals surface area contributed by atoms with Crippen molar-refractivity contribution in [2.75, 3.05) is 37.6 Å². The fraction of sp³-hybridized carbons (Fsp3) is 0.438. The van der Waals surface area contributed by atoms with Crippen molar-refractivity contribution in [3.05, 3.63) is 50.8 Å². The predicted molar refractivity (Wildman–Crippen MR) is 88.4 cm³/mol. The van der Waals surface area contributed by atoms with Gasteiger partial charge in [-0.3, -0.25) is 9.69 Å².